The van der Waals surface area contributed by atoms with Gasteiger partial charge in [-0.05, 0) is 19.3 Å². The average Bonchev–Trinajstić information content (AvgIpc) is 3.25. The molecule has 0 unspecified atom stereocenters. The summed E-state index contributed by atoms with van der Waals surface area (Å²) in [7, 11) is 1.60. The maximum atomic E-state index is 12.4. The molecule has 0 aromatic carbocycles. The second-order valence-electron chi connectivity index (χ2n) is 8.19. The van der Waals surface area contributed by atoms with Crippen molar-refractivity contribution in [1.82, 2.24) is 10.2 Å². The molecule has 1 heterocycles. The number of aliphatic hydroxyl groups is 1. The highest BCUT2D eigenvalue weighted by Crippen LogP contribution is 2.20. The van der Waals surface area contributed by atoms with Gasteiger partial charge in [-0.1, -0.05) is 20.3 Å². The number of nitrogens with one attached hydrogen (secondary N) is 1. The molecule has 1 aliphatic heterocycles. The van der Waals surface area contributed by atoms with E-state index in [2.05, 4.69) is 5.32 Å². The Morgan fingerprint density at radius 1 is 0.889 bits per heavy atom. The second-order valence-corrected chi connectivity index (χ2v) is 8.19. The Kier molecular flexibility index (Phi) is 24.4. The van der Waals surface area contributed by atoms with Crippen LogP contribution in [0.4, 0.5) is 0 Å². The van der Waals surface area contributed by atoms with E-state index in [0.29, 0.717) is 98.4 Å². The zero-order valence-corrected chi connectivity index (χ0v) is 22.7. The van der Waals surface area contributed by atoms with Crippen LogP contribution < -0.4 is 11.1 Å². The third kappa shape index (κ3) is 18.9. The predicted molar refractivity (Wildman–Crippen MR) is 138 cm³/mol. The number of β-amino-alcohol motifs (C(OH)–C–C–N with tert-alkyl or cyclic N) is 1. The number of nitrogens with two attached hydrogens (primary N) is 1. The number of methoxy groups -OCH3 is 1. The minimum atomic E-state index is -0.465. The molecule has 1 aliphatic rings. The lowest BCUT2D eigenvalue weighted by atomic mass is 10.1. The fourth-order valence-electron chi connectivity index (χ4n) is 3.60. The van der Waals surface area contributed by atoms with Crippen molar-refractivity contribution in [3.05, 3.63) is 0 Å². The summed E-state index contributed by atoms with van der Waals surface area (Å²) in [6, 6.07) is -0.0354. The van der Waals surface area contributed by atoms with Crippen molar-refractivity contribution in [1.29, 1.82) is 0 Å². The van der Waals surface area contributed by atoms with Crippen molar-refractivity contribution in [2.75, 3.05) is 86.2 Å². The molecular formula is C25H51N3O8. The second kappa shape index (κ2) is 25.3. The van der Waals surface area contributed by atoms with Gasteiger partial charge in [0.15, 0.2) is 0 Å². The molecule has 0 radical (unpaired) electrons. The summed E-state index contributed by atoms with van der Waals surface area (Å²) in [5.41, 5.74) is 5.31. The fourth-order valence-corrected chi connectivity index (χ4v) is 3.60. The average molecular weight is 522 g/mol. The van der Waals surface area contributed by atoms with E-state index in [1.165, 1.54) is 0 Å². The zero-order chi connectivity index (χ0) is 26.9. The van der Waals surface area contributed by atoms with Gasteiger partial charge < -0.3 is 44.7 Å². The van der Waals surface area contributed by atoms with Crippen molar-refractivity contribution >= 4 is 11.8 Å². The standard InChI is InChI=1S/C23H45N3O8.C2H6/c1-30-19-20-17-21(27)18-26(20)23(29)5-3-2-4-8-25-22(28)6-9-31-11-13-33-15-16-34-14-12-32-10-7-24;1-2/h20-21,27H,2-19,24H2,1H3,(H,25,28);1-2H3/t20-,21+;/m0./s1. The van der Waals surface area contributed by atoms with E-state index in [1.807, 2.05) is 13.8 Å². The highest BCUT2D eigenvalue weighted by Gasteiger charge is 2.33. The first kappa shape index (κ1) is 34.7. The maximum absolute atomic E-state index is 12.4. The maximum Gasteiger partial charge on any atom is 0.222 e. The number of amides is 2. The summed E-state index contributed by atoms with van der Waals surface area (Å²) < 4.78 is 26.5. The van der Waals surface area contributed by atoms with Crippen molar-refractivity contribution in [2.45, 2.75) is 64.5 Å². The summed E-state index contributed by atoms with van der Waals surface area (Å²) in [5, 5.41) is 12.7. The Hall–Kier alpha value is -1.34. The molecule has 0 bridgehead atoms. The first-order valence-electron chi connectivity index (χ1n) is 13.3. The minimum Gasteiger partial charge on any atom is -0.391 e. The lowest BCUT2D eigenvalue weighted by Crippen LogP contribution is -2.38. The molecule has 1 rings (SSSR count). The van der Waals surface area contributed by atoms with Crippen LogP contribution in [0.5, 0.6) is 0 Å². The Morgan fingerprint density at radius 2 is 1.47 bits per heavy atom. The molecule has 2 atom stereocenters. The molecular weight excluding hydrogens is 470 g/mol. The SMILES string of the molecule is CC.COC[C@@H]1C[C@@H](O)CN1C(=O)CCCCCNC(=O)CCOCCOCCOCCOCCN. The third-order valence-electron chi connectivity index (χ3n) is 5.31. The molecule has 0 aromatic heterocycles. The molecule has 4 N–H and O–H groups in total. The van der Waals surface area contributed by atoms with E-state index in [0.717, 1.165) is 19.3 Å². The normalized spacial score (nSPS) is 17.1. The van der Waals surface area contributed by atoms with E-state index >= 15 is 0 Å². The van der Waals surface area contributed by atoms with E-state index < -0.39 is 6.10 Å². The Bertz CT molecular complexity index is 528. The van der Waals surface area contributed by atoms with Crippen molar-refractivity contribution < 1.29 is 38.4 Å². The number of carbonyl (C=O) groups excluding carboxylic acids is 2. The van der Waals surface area contributed by atoms with Gasteiger partial charge in [-0.3, -0.25) is 9.59 Å². The molecule has 11 heteroatoms. The number of rotatable bonds is 22. The molecule has 11 nitrogen and oxygen atoms in total. The predicted octanol–water partition coefficient (Wildman–Crippen LogP) is 0.713. The number of likely N-dealkylation sites (tertiary alicyclic amines) is 1. The highest BCUT2D eigenvalue weighted by molar-refractivity contribution is 5.77. The van der Waals surface area contributed by atoms with Gasteiger partial charge in [0.2, 0.25) is 11.8 Å². The summed E-state index contributed by atoms with van der Waals surface area (Å²) >= 11 is 0. The van der Waals surface area contributed by atoms with Gasteiger partial charge in [-0.25, -0.2) is 0 Å². The monoisotopic (exact) mass is 521 g/mol. The molecule has 1 saturated heterocycles. The van der Waals surface area contributed by atoms with Crippen LogP contribution in [0, 0.1) is 0 Å². The van der Waals surface area contributed by atoms with Gasteiger partial charge >= 0.3 is 0 Å². The summed E-state index contributed by atoms with van der Waals surface area (Å²) in [6.45, 7) is 9.75. The smallest absolute Gasteiger partial charge is 0.222 e. The third-order valence-corrected chi connectivity index (χ3v) is 5.31. The van der Waals surface area contributed by atoms with E-state index in [4.69, 9.17) is 29.4 Å². The van der Waals surface area contributed by atoms with Crippen LogP contribution in [-0.4, -0.2) is 120 Å². The number of carbonyl (C=O) groups is 2. The first-order chi connectivity index (χ1) is 17.6. The molecule has 0 aromatic rings. The van der Waals surface area contributed by atoms with Gasteiger partial charge in [0.1, 0.15) is 0 Å². The molecule has 0 aliphatic carbocycles. The number of unbranched alkanes of at least 4 members (excludes halogenated alkanes) is 2. The highest BCUT2D eigenvalue weighted by atomic mass is 16.6. The largest absolute Gasteiger partial charge is 0.391 e. The van der Waals surface area contributed by atoms with Crippen LogP contribution >= 0.6 is 0 Å². The molecule has 36 heavy (non-hydrogen) atoms. The lowest BCUT2D eigenvalue weighted by molar-refractivity contribution is -0.133. The van der Waals surface area contributed by atoms with Gasteiger partial charge in [0.25, 0.3) is 0 Å². The number of hydrogen-bond acceptors (Lipinski definition) is 9. The van der Waals surface area contributed by atoms with Crippen molar-refractivity contribution in [3.8, 4) is 0 Å². The summed E-state index contributed by atoms with van der Waals surface area (Å²) in [5.74, 6) is 0.0138. The number of ether oxygens (including phenoxy) is 5. The lowest BCUT2D eigenvalue weighted by Gasteiger charge is -2.23. The molecule has 0 saturated carbocycles. The van der Waals surface area contributed by atoms with Crippen LogP contribution in [0.2, 0.25) is 0 Å². The molecule has 2 amide bonds. The Morgan fingerprint density at radius 3 is 2.06 bits per heavy atom. The van der Waals surface area contributed by atoms with E-state index in [9.17, 15) is 14.7 Å². The van der Waals surface area contributed by atoms with E-state index in [-0.39, 0.29) is 17.9 Å². The number of aliphatic hydroxyl groups excluding tert-OH is 1. The van der Waals surface area contributed by atoms with Crippen LogP contribution in [-0.2, 0) is 33.3 Å². The Balaban J connectivity index is 0.00000596. The topological polar surface area (TPSA) is 142 Å². The number of hydrogen-bond donors (Lipinski definition) is 3. The van der Waals surface area contributed by atoms with Gasteiger partial charge in [0, 0.05) is 39.6 Å². The van der Waals surface area contributed by atoms with Crippen molar-refractivity contribution in [3.63, 3.8) is 0 Å². The molecule has 1 fully saturated rings. The van der Waals surface area contributed by atoms with Crippen LogP contribution in [0.1, 0.15) is 52.4 Å². The zero-order valence-electron chi connectivity index (χ0n) is 22.7. The minimum absolute atomic E-state index is 0.0354. The molecule has 0 spiro atoms. The van der Waals surface area contributed by atoms with E-state index in [1.54, 1.807) is 12.0 Å². The quantitative estimate of drug-likeness (QED) is 0.176. The van der Waals surface area contributed by atoms with Crippen LogP contribution in [0.15, 0.2) is 0 Å². The van der Waals surface area contributed by atoms with Crippen LogP contribution in [0.3, 0.4) is 0 Å². The molecule has 214 valence electrons. The van der Waals surface area contributed by atoms with Gasteiger partial charge in [0.05, 0.1) is 71.6 Å². The summed E-state index contributed by atoms with van der Waals surface area (Å²) in [4.78, 5) is 25.9. The fraction of sp³-hybridized carbons (Fsp3) is 0.920. The number of nitrogens with zero attached hydrogens (tertiary/aromatic N) is 1. The Labute approximate surface area is 217 Å². The van der Waals surface area contributed by atoms with Gasteiger partial charge in [-0.2, -0.15) is 0 Å². The summed E-state index contributed by atoms with van der Waals surface area (Å²) in [6.07, 6.45) is 3.30. The van der Waals surface area contributed by atoms with Crippen molar-refractivity contribution in [2.24, 2.45) is 5.73 Å². The first-order valence-corrected chi connectivity index (χ1v) is 13.3. The van der Waals surface area contributed by atoms with Gasteiger partial charge in [-0.15, -0.1) is 0 Å². The van der Waals surface area contributed by atoms with Crippen LogP contribution in [0.25, 0.3) is 0 Å².